The maximum absolute atomic E-state index is 13.2. The van der Waals surface area contributed by atoms with Crippen LogP contribution < -0.4 is 48.7 Å². The van der Waals surface area contributed by atoms with E-state index in [4.69, 9.17) is 11.5 Å². The number of amides is 9. The van der Waals surface area contributed by atoms with Gasteiger partial charge in [-0.05, 0) is 39.0 Å². The highest BCUT2D eigenvalue weighted by atomic mass is 16.4. The number of hydrogen-bond acceptors (Lipinski definition) is 13. The van der Waals surface area contributed by atoms with Gasteiger partial charge < -0.3 is 68.9 Å². The molecule has 1 heterocycles. The van der Waals surface area contributed by atoms with Crippen LogP contribution in [0.2, 0.25) is 0 Å². The molecule has 0 saturated carbocycles. The Morgan fingerprint density at radius 1 is 0.722 bits per heavy atom. The van der Waals surface area contributed by atoms with Crippen molar-refractivity contribution in [3.8, 4) is 0 Å². The lowest BCUT2D eigenvalue weighted by atomic mass is 10.0. The highest BCUT2D eigenvalue weighted by molar-refractivity contribution is 5.97. The molecule has 0 aromatic rings. The predicted octanol–water partition coefficient (Wildman–Crippen LogP) is -7.01. The summed E-state index contributed by atoms with van der Waals surface area (Å²) in [6.07, 6.45) is 0.0711. The van der Waals surface area contributed by atoms with Crippen molar-refractivity contribution in [2.24, 2.45) is 17.4 Å². The molecule has 1 rings (SSSR count). The van der Waals surface area contributed by atoms with E-state index in [2.05, 4.69) is 37.2 Å². The SMILES string of the molecule is CC(C)[C@H](NC(=O)[C@H](C)NC(=O)[C@H](C)NC(=O)[C@@H]1CCCN1C(=O)CNC(=O)CN)C(=O)N[C@@H](CO)C(=O)N[C@@H](CO)C(=O)N[C@@H](CCC(N)=O)C(=O)O. The van der Waals surface area contributed by atoms with Crippen molar-refractivity contribution in [3.63, 3.8) is 0 Å². The van der Waals surface area contributed by atoms with Gasteiger partial charge in [0.1, 0.15) is 42.3 Å². The first-order valence-corrected chi connectivity index (χ1v) is 17.1. The average Bonchev–Trinajstić information content (AvgIpc) is 3.62. The number of carbonyl (C=O) groups excluding carboxylic acids is 9. The van der Waals surface area contributed by atoms with E-state index >= 15 is 0 Å². The minimum absolute atomic E-state index is 0.262. The number of likely N-dealkylation sites (tertiary alicyclic amines) is 1. The minimum Gasteiger partial charge on any atom is -0.480 e. The maximum atomic E-state index is 13.2. The van der Waals surface area contributed by atoms with Gasteiger partial charge in [-0.2, -0.15) is 0 Å². The molecule has 304 valence electrons. The Kier molecular flexibility index (Phi) is 19.5. The highest BCUT2D eigenvalue weighted by Gasteiger charge is 2.36. The number of hydrogen-bond donors (Lipinski definition) is 12. The van der Waals surface area contributed by atoms with Crippen LogP contribution >= 0.6 is 0 Å². The van der Waals surface area contributed by atoms with Crippen molar-refractivity contribution in [1.29, 1.82) is 0 Å². The van der Waals surface area contributed by atoms with E-state index in [9.17, 15) is 63.3 Å². The van der Waals surface area contributed by atoms with Crippen LogP contribution in [0, 0.1) is 5.92 Å². The Balaban J connectivity index is 2.81. The van der Waals surface area contributed by atoms with Crippen LogP contribution in [0.4, 0.5) is 0 Å². The van der Waals surface area contributed by atoms with Crippen molar-refractivity contribution >= 4 is 59.1 Å². The standard InChI is InChI=1S/C31H52N10O13/c1-14(2)24(30(52)39-19(13-43)28(50)38-18(12-42)27(49)37-17(31(53)54)7-8-21(33)44)40-26(48)16(4)35-25(47)15(3)36-29(51)20-6-5-9-41(20)23(46)11-34-22(45)10-32/h14-20,24,42-43H,5-13,32H2,1-4H3,(H2,33,44)(H,34,45)(H,35,47)(H,36,51)(H,37,49)(H,38,50)(H,39,52)(H,40,48)(H,53,54)/t15-,16-,17-,18-,19-,20-,24-/m0/s1. The summed E-state index contributed by atoms with van der Waals surface area (Å²) < 4.78 is 0. The fourth-order valence-electron chi connectivity index (χ4n) is 5.02. The molecule has 1 aliphatic rings. The molecule has 1 fully saturated rings. The molecule has 0 radical (unpaired) electrons. The molecule has 0 bridgehead atoms. The third-order valence-electron chi connectivity index (χ3n) is 8.17. The second-order valence-corrected chi connectivity index (χ2v) is 12.8. The molecule has 9 amide bonds. The van der Waals surface area contributed by atoms with Gasteiger partial charge >= 0.3 is 5.97 Å². The van der Waals surface area contributed by atoms with Gasteiger partial charge in [0.25, 0.3) is 0 Å². The second-order valence-electron chi connectivity index (χ2n) is 12.8. The summed E-state index contributed by atoms with van der Waals surface area (Å²) in [5, 5.41) is 44.8. The van der Waals surface area contributed by atoms with Crippen LogP contribution in [-0.4, -0.2) is 154 Å². The van der Waals surface area contributed by atoms with Crippen LogP contribution in [0.25, 0.3) is 0 Å². The van der Waals surface area contributed by atoms with Gasteiger partial charge in [-0.1, -0.05) is 13.8 Å². The monoisotopic (exact) mass is 772 g/mol. The van der Waals surface area contributed by atoms with Crippen molar-refractivity contribution in [1.82, 2.24) is 42.1 Å². The number of aliphatic hydroxyl groups excluding tert-OH is 2. The van der Waals surface area contributed by atoms with Crippen LogP contribution in [0.15, 0.2) is 0 Å². The lowest BCUT2D eigenvalue weighted by Gasteiger charge is -2.27. The molecule has 0 aromatic carbocycles. The molecule has 54 heavy (non-hydrogen) atoms. The van der Waals surface area contributed by atoms with Crippen molar-refractivity contribution in [2.45, 2.75) is 95.7 Å². The Morgan fingerprint density at radius 3 is 1.74 bits per heavy atom. The highest BCUT2D eigenvalue weighted by Crippen LogP contribution is 2.17. The zero-order valence-corrected chi connectivity index (χ0v) is 30.5. The first-order chi connectivity index (χ1) is 25.3. The summed E-state index contributed by atoms with van der Waals surface area (Å²) in [5.41, 5.74) is 10.2. The number of carboxylic acids is 1. The summed E-state index contributed by atoms with van der Waals surface area (Å²) in [6.45, 7) is 3.33. The largest absolute Gasteiger partial charge is 0.480 e. The summed E-state index contributed by atoms with van der Waals surface area (Å²) in [6, 6.07) is -9.65. The molecular formula is C31H52N10O13. The molecule has 14 N–H and O–H groups in total. The van der Waals surface area contributed by atoms with Crippen molar-refractivity contribution < 1.29 is 63.3 Å². The smallest absolute Gasteiger partial charge is 0.326 e. The number of carbonyl (C=O) groups is 10. The molecule has 0 aliphatic carbocycles. The van der Waals surface area contributed by atoms with Gasteiger partial charge in [0.05, 0.1) is 26.3 Å². The van der Waals surface area contributed by atoms with Crippen LogP contribution in [0.1, 0.15) is 53.4 Å². The quantitative estimate of drug-likeness (QED) is 0.0487. The fourth-order valence-corrected chi connectivity index (χ4v) is 5.02. The molecule has 23 nitrogen and oxygen atoms in total. The lowest BCUT2D eigenvalue weighted by molar-refractivity contribution is -0.143. The van der Waals surface area contributed by atoms with Gasteiger partial charge in [-0.3, -0.25) is 43.2 Å². The van der Waals surface area contributed by atoms with E-state index < -0.39 is 121 Å². The molecule has 1 saturated heterocycles. The zero-order chi connectivity index (χ0) is 41.3. The molecule has 0 spiro atoms. The molecule has 23 heteroatoms. The topological polar surface area (TPSA) is 371 Å². The van der Waals surface area contributed by atoms with Crippen LogP contribution in [0.3, 0.4) is 0 Å². The normalized spacial score (nSPS) is 17.0. The molecule has 7 atom stereocenters. The number of nitrogens with zero attached hydrogens (tertiary/aromatic N) is 1. The van der Waals surface area contributed by atoms with Crippen molar-refractivity contribution in [2.75, 3.05) is 32.8 Å². The van der Waals surface area contributed by atoms with Gasteiger partial charge in [-0.25, -0.2) is 4.79 Å². The van der Waals surface area contributed by atoms with Crippen LogP contribution in [0.5, 0.6) is 0 Å². The predicted molar refractivity (Wildman–Crippen MR) is 185 cm³/mol. The number of primary amides is 1. The van der Waals surface area contributed by atoms with Crippen molar-refractivity contribution in [3.05, 3.63) is 0 Å². The van der Waals surface area contributed by atoms with Gasteiger partial charge in [0, 0.05) is 13.0 Å². The van der Waals surface area contributed by atoms with E-state index in [-0.39, 0.29) is 32.5 Å². The molecule has 0 aromatic heterocycles. The second kappa shape index (κ2) is 22.6. The van der Waals surface area contributed by atoms with E-state index in [1.807, 2.05) is 0 Å². The van der Waals surface area contributed by atoms with E-state index in [0.717, 1.165) is 0 Å². The number of rotatable bonds is 22. The maximum Gasteiger partial charge on any atom is 0.326 e. The first-order valence-electron chi connectivity index (χ1n) is 17.1. The van der Waals surface area contributed by atoms with Gasteiger partial charge in [0.2, 0.25) is 53.2 Å². The first kappa shape index (κ1) is 46.6. The Morgan fingerprint density at radius 2 is 1.24 bits per heavy atom. The number of aliphatic hydroxyl groups is 2. The Hall–Kier alpha value is -5.42. The molecule has 1 aliphatic heterocycles. The van der Waals surface area contributed by atoms with Crippen LogP contribution in [-0.2, 0) is 47.9 Å². The van der Waals surface area contributed by atoms with Gasteiger partial charge in [0.15, 0.2) is 0 Å². The lowest BCUT2D eigenvalue weighted by Crippen LogP contribution is -2.61. The summed E-state index contributed by atoms with van der Waals surface area (Å²) in [4.78, 5) is 125. The van der Waals surface area contributed by atoms with Gasteiger partial charge in [-0.15, -0.1) is 0 Å². The molecular weight excluding hydrogens is 720 g/mol. The van der Waals surface area contributed by atoms with E-state index in [0.29, 0.717) is 12.8 Å². The third-order valence-corrected chi connectivity index (χ3v) is 8.17. The Bertz CT molecular complexity index is 1410. The number of nitrogens with one attached hydrogen (secondary N) is 7. The zero-order valence-electron chi connectivity index (χ0n) is 30.5. The van der Waals surface area contributed by atoms with E-state index in [1.54, 1.807) is 13.8 Å². The minimum atomic E-state index is -1.73. The summed E-state index contributed by atoms with van der Waals surface area (Å²) in [7, 11) is 0. The molecule has 0 unspecified atom stereocenters. The summed E-state index contributed by atoms with van der Waals surface area (Å²) >= 11 is 0. The van der Waals surface area contributed by atoms with E-state index in [1.165, 1.54) is 18.7 Å². The fraction of sp³-hybridized carbons (Fsp3) is 0.677. The number of carboxylic acid groups (broad SMARTS) is 1. The number of nitrogens with two attached hydrogens (primary N) is 2. The summed E-state index contributed by atoms with van der Waals surface area (Å²) in [5.74, 6) is -9.49. The number of aliphatic carboxylic acids is 1. The average molecular weight is 773 g/mol. The Labute approximate surface area is 310 Å². The third kappa shape index (κ3) is 14.9.